The Bertz CT molecular complexity index is 348. The number of hydrogen-bond acceptors (Lipinski definition) is 2. The molecule has 0 saturated heterocycles. The number of halogens is 1. The van der Waals surface area contributed by atoms with Gasteiger partial charge < -0.3 is 5.73 Å². The maximum Gasteiger partial charge on any atom is 0.0592 e. The molecule has 2 unspecified atom stereocenters. The van der Waals surface area contributed by atoms with Gasteiger partial charge in [-0.2, -0.15) is 0 Å². The third kappa shape index (κ3) is 2.74. The van der Waals surface area contributed by atoms with Crippen molar-refractivity contribution in [3.63, 3.8) is 0 Å². The Morgan fingerprint density at radius 3 is 2.75 bits per heavy atom. The highest BCUT2D eigenvalue weighted by Gasteiger charge is 2.25. The second-order valence-electron chi connectivity index (χ2n) is 4.93. The van der Waals surface area contributed by atoms with Gasteiger partial charge in [-0.3, -0.25) is 4.98 Å². The molecule has 2 nitrogen and oxygen atoms in total. The molecule has 0 bridgehead atoms. The van der Waals surface area contributed by atoms with Crippen LogP contribution in [0, 0.1) is 5.92 Å². The summed E-state index contributed by atoms with van der Waals surface area (Å²) in [5, 5.41) is 0.705. The maximum absolute atomic E-state index is 6.07. The Balaban J connectivity index is 2.11. The molecule has 1 aliphatic carbocycles. The van der Waals surface area contributed by atoms with Gasteiger partial charge in [0.1, 0.15) is 0 Å². The van der Waals surface area contributed by atoms with Crippen molar-refractivity contribution >= 4 is 11.6 Å². The molecular formula is C13H19ClN2. The molecule has 0 aromatic carbocycles. The monoisotopic (exact) mass is 238 g/mol. The number of rotatable bonds is 4. The first kappa shape index (κ1) is 11.9. The Morgan fingerprint density at radius 2 is 2.25 bits per heavy atom. The summed E-state index contributed by atoms with van der Waals surface area (Å²) in [7, 11) is 0. The fourth-order valence-electron chi connectivity index (χ4n) is 2.37. The summed E-state index contributed by atoms with van der Waals surface area (Å²) >= 11 is 5.97. The molecule has 16 heavy (non-hydrogen) atoms. The molecule has 88 valence electrons. The van der Waals surface area contributed by atoms with E-state index >= 15 is 0 Å². The van der Waals surface area contributed by atoms with E-state index in [1.165, 1.54) is 31.2 Å². The third-order valence-corrected chi connectivity index (χ3v) is 3.81. The van der Waals surface area contributed by atoms with Crippen LogP contribution in [0.3, 0.4) is 0 Å². The van der Waals surface area contributed by atoms with Crippen molar-refractivity contribution in [3.05, 3.63) is 29.0 Å². The zero-order valence-corrected chi connectivity index (χ0v) is 10.5. The SMILES string of the molecule is CC(N)C(CC1CCC1)c1cncc(Cl)c1. The molecule has 0 spiro atoms. The van der Waals surface area contributed by atoms with Crippen LogP contribution >= 0.6 is 11.6 Å². The van der Waals surface area contributed by atoms with Crippen molar-refractivity contribution in [2.45, 2.75) is 44.6 Å². The van der Waals surface area contributed by atoms with Gasteiger partial charge in [0.05, 0.1) is 5.02 Å². The van der Waals surface area contributed by atoms with Crippen LogP contribution in [0.2, 0.25) is 5.02 Å². The molecule has 0 amide bonds. The molecule has 1 aliphatic rings. The first-order valence-corrected chi connectivity index (χ1v) is 6.40. The van der Waals surface area contributed by atoms with Crippen LogP contribution in [0.1, 0.15) is 44.1 Å². The van der Waals surface area contributed by atoms with Crippen molar-refractivity contribution in [2.75, 3.05) is 0 Å². The minimum atomic E-state index is 0.167. The topological polar surface area (TPSA) is 38.9 Å². The van der Waals surface area contributed by atoms with Gasteiger partial charge in [0.15, 0.2) is 0 Å². The number of nitrogens with two attached hydrogens (primary N) is 1. The average Bonchev–Trinajstić information content (AvgIpc) is 2.15. The van der Waals surface area contributed by atoms with Crippen molar-refractivity contribution in [3.8, 4) is 0 Å². The van der Waals surface area contributed by atoms with Crippen molar-refractivity contribution in [1.29, 1.82) is 0 Å². The Hall–Kier alpha value is -0.600. The average molecular weight is 239 g/mol. The lowest BCUT2D eigenvalue weighted by Crippen LogP contribution is -2.28. The lowest BCUT2D eigenvalue weighted by molar-refractivity contribution is 0.266. The van der Waals surface area contributed by atoms with Gasteiger partial charge in [-0.25, -0.2) is 0 Å². The standard InChI is InChI=1S/C13H19ClN2/c1-9(15)13(5-10-3-2-4-10)11-6-12(14)8-16-7-11/h6-10,13H,2-5,15H2,1H3. The van der Waals surface area contributed by atoms with Crippen molar-refractivity contribution in [1.82, 2.24) is 4.98 Å². The highest BCUT2D eigenvalue weighted by molar-refractivity contribution is 6.30. The van der Waals surface area contributed by atoms with Gasteiger partial charge in [-0.15, -0.1) is 0 Å². The molecule has 1 aromatic heterocycles. The smallest absolute Gasteiger partial charge is 0.0592 e. The second-order valence-corrected chi connectivity index (χ2v) is 5.37. The fraction of sp³-hybridized carbons (Fsp3) is 0.615. The minimum absolute atomic E-state index is 0.167. The largest absolute Gasteiger partial charge is 0.327 e. The van der Waals surface area contributed by atoms with Crippen LogP contribution in [0.25, 0.3) is 0 Å². The van der Waals surface area contributed by atoms with E-state index in [1.807, 2.05) is 12.3 Å². The summed E-state index contributed by atoms with van der Waals surface area (Å²) < 4.78 is 0. The van der Waals surface area contributed by atoms with E-state index in [4.69, 9.17) is 17.3 Å². The van der Waals surface area contributed by atoms with Gasteiger partial charge in [0.25, 0.3) is 0 Å². The van der Waals surface area contributed by atoms with Crippen LogP contribution in [-0.4, -0.2) is 11.0 Å². The molecule has 0 radical (unpaired) electrons. The van der Waals surface area contributed by atoms with Gasteiger partial charge in [0.2, 0.25) is 0 Å². The molecule has 2 atom stereocenters. The first-order chi connectivity index (χ1) is 7.66. The highest BCUT2D eigenvalue weighted by atomic mass is 35.5. The molecule has 1 aromatic rings. The Labute approximate surface area is 102 Å². The summed E-state index contributed by atoms with van der Waals surface area (Å²) in [4.78, 5) is 4.15. The normalized spacial score (nSPS) is 20.2. The van der Waals surface area contributed by atoms with Gasteiger partial charge in [-0.1, -0.05) is 30.9 Å². The van der Waals surface area contributed by atoms with E-state index in [2.05, 4.69) is 11.9 Å². The Kier molecular flexibility index (Phi) is 3.82. The van der Waals surface area contributed by atoms with E-state index in [0.717, 1.165) is 5.92 Å². The lowest BCUT2D eigenvalue weighted by Gasteiger charge is -2.31. The quantitative estimate of drug-likeness (QED) is 0.874. The molecule has 1 heterocycles. The summed E-state index contributed by atoms with van der Waals surface area (Å²) in [5.41, 5.74) is 7.26. The number of aromatic nitrogens is 1. The highest BCUT2D eigenvalue weighted by Crippen LogP contribution is 2.37. The van der Waals surface area contributed by atoms with Crippen LogP contribution in [0.5, 0.6) is 0 Å². The third-order valence-electron chi connectivity index (χ3n) is 3.60. The molecule has 2 N–H and O–H groups in total. The van der Waals surface area contributed by atoms with E-state index < -0.39 is 0 Å². The van der Waals surface area contributed by atoms with Crippen molar-refractivity contribution in [2.24, 2.45) is 11.7 Å². The molecule has 2 rings (SSSR count). The zero-order chi connectivity index (χ0) is 11.5. The zero-order valence-electron chi connectivity index (χ0n) is 9.70. The second kappa shape index (κ2) is 5.15. The fourth-order valence-corrected chi connectivity index (χ4v) is 2.56. The van der Waals surface area contributed by atoms with Gasteiger partial charge in [0, 0.05) is 24.4 Å². The van der Waals surface area contributed by atoms with Gasteiger partial charge in [-0.05, 0) is 30.9 Å². The molecule has 1 saturated carbocycles. The molecule has 0 aliphatic heterocycles. The predicted octanol–water partition coefficient (Wildman–Crippen LogP) is 3.36. The Morgan fingerprint density at radius 1 is 1.50 bits per heavy atom. The molecule has 3 heteroatoms. The van der Waals surface area contributed by atoms with Crippen LogP contribution in [-0.2, 0) is 0 Å². The minimum Gasteiger partial charge on any atom is -0.327 e. The predicted molar refractivity (Wildman–Crippen MR) is 67.6 cm³/mol. The van der Waals surface area contributed by atoms with Crippen LogP contribution < -0.4 is 5.73 Å². The molecule has 1 fully saturated rings. The number of pyridine rings is 1. The van der Waals surface area contributed by atoms with Gasteiger partial charge >= 0.3 is 0 Å². The van der Waals surface area contributed by atoms with E-state index in [9.17, 15) is 0 Å². The summed E-state index contributed by atoms with van der Waals surface area (Å²) in [6, 6.07) is 2.17. The van der Waals surface area contributed by atoms with E-state index in [1.54, 1.807) is 6.20 Å². The maximum atomic E-state index is 6.07. The van der Waals surface area contributed by atoms with Crippen LogP contribution in [0.15, 0.2) is 18.5 Å². The summed E-state index contributed by atoms with van der Waals surface area (Å²) in [6.45, 7) is 2.07. The lowest BCUT2D eigenvalue weighted by atomic mass is 9.75. The van der Waals surface area contributed by atoms with E-state index in [-0.39, 0.29) is 6.04 Å². The van der Waals surface area contributed by atoms with Crippen LogP contribution in [0.4, 0.5) is 0 Å². The summed E-state index contributed by atoms with van der Waals surface area (Å²) in [5.74, 6) is 1.26. The van der Waals surface area contributed by atoms with Crippen molar-refractivity contribution < 1.29 is 0 Å². The first-order valence-electron chi connectivity index (χ1n) is 6.03. The number of hydrogen-bond donors (Lipinski definition) is 1. The summed E-state index contributed by atoms with van der Waals surface area (Å²) in [6.07, 6.45) is 8.85. The van der Waals surface area contributed by atoms with E-state index in [0.29, 0.717) is 10.9 Å². The molecular weight excluding hydrogens is 220 g/mol. The number of nitrogens with zero attached hydrogens (tertiary/aromatic N) is 1.